The summed E-state index contributed by atoms with van der Waals surface area (Å²) in [6.07, 6.45) is 3.11. The van der Waals surface area contributed by atoms with Crippen LogP contribution in [0.5, 0.6) is 0 Å². The largest absolute Gasteiger partial charge is 0.449 e. The van der Waals surface area contributed by atoms with Crippen molar-refractivity contribution >= 4 is 6.09 Å². The van der Waals surface area contributed by atoms with E-state index in [9.17, 15) is 4.79 Å². The van der Waals surface area contributed by atoms with Crippen LogP contribution in [0.3, 0.4) is 0 Å². The maximum atomic E-state index is 11.3. The highest BCUT2D eigenvalue weighted by Gasteiger charge is 2.37. The van der Waals surface area contributed by atoms with Crippen molar-refractivity contribution in [3.63, 3.8) is 0 Å². The predicted molar refractivity (Wildman–Crippen MR) is 48.2 cm³/mol. The van der Waals surface area contributed by atoms with Gasteiger partial charge in [0.25, 0.3) is 0 Å². The average molecular weight is 184 g/mol. The highest BCUT2D eigenvalue weighted by molar-refractivity contribution is 5.69. The van der Waals surface area contributed by atoms with E-state index >= 15 is 0 Å². The molecule has 4 nitrogen and oxygen atoms in total. The van der Waals surface area contributed by atoms with E-state index in [4.69, 9.17) is 10.5 Å². The molecule has 2 fully saturated rings. The van der Waals surface area contributed by atoms with Gasteiger partial charge < -0.3 is 15.4 Å². The van der Waals surface area contributed by atoms with Crippen LogP contribution in [0.25, 0.3) is 0 Å². The lowest BCUT2D eigenvalue weighted by atomic mass is 10.1. The van der Waals surface area contributed by atoms with Gasteiger partial charge in [0.2, 0.25) is 0 Å². The molecule has 1 amide bonds. The molecule has 74 valence electrons. The zero-order valence-electron chi connectivity index (χ0n) is 7.74. The fraction of sp³-hybridized carbons (Fsp3) is 0.889. The van der Waals surface area contributed by atoms with E-state index in [0.29, 0.717) is 25.1 Å². The molecular weight excluding hydrogens is 168 g/mol. The van der Waals surface area contributed by atoms with Crippen LogP contribution < -0.4 is 5.73 Å². The van der Waals surface area contributed by atoms with Crippen LogP contribution in [0, 0.1) is 5.92 Å². The summed E-state index contributed by atoms with van der Waals surface area (Å²) in [6.45, 7) is 2.08. The molecule has 2 aliphatic rings. The molecule has 0 aromatic heterocycles. The van der Waals surface area contributed by atoms with Gasteiger partial charge in [-0.15, -0.1) is 0 Å². The number of nitrogens with zero attached hydrogens (tertiary/aromatic N) is 1. The van der Waals surface area contributed by atoms with Gasteiger partial charge in [-0.05, 0) is 25.8 Å². The van der Waals surface area contributed by atoms with E-state index in [1.165, 1.54) is 0 Å². The number of hydrogen-bond donors (Lipinski definition) is 1. The number of ether oxygens (including phenoxy) is 1. The first-order valence-electron chi connectivity index (χ1n) is 4.94. The first-order chi connectivity index (χ1) is 6.31. The molecule has 1 heterocycles. The molecule has 4 heteroatoms. The van der Waals surface area contributed by atoms with Crippen LogP contribution in [0.15, 0.2) is 0 Å². The van der Waals surface area contributed by atoms with Gasteiger partial charge in [-0.25, -0.2) is 4.79 Å². The minimum Gasteiger partial charge on any atom is -0.449 e. The zero-order chi connectivity index (χ0) is 9.26. The summed E-state index contributed by atoms with van der Waals surface area (Å²) in [5, 5.41) is 0. The predicted octanol–water partition coefficient (Wildman–Crippen LogP) is 0.566. The minimum atomic E-state index is -0.129. The van der Waals surface area contributed by atoms with Gasteiger partial charge >= 0.3 is 6.09 Å². The fourth-order valence-electron chi connectivity index (χ4n) is 1.77. The number of cyclic esters (lactones) is 1. The van der Waals surface area contributed by atoms with E-state index in [-0.39, 0.29) is 6.09 Å². The Kier molecular flexibility index (Phi) is 2.40. The van der Waals surface area contributed by atoms with Gasteiger partial charge in [-0.3, -0.25) is 0 Å². The highest BCUT2D eigenvalue weighted by atomic mass is 16.6. The monoisotopic (exact) mass is 184 g/mol. The number of carbonyl (C=O) groups excluding carboxylic acids is 1. The van der Waals surface area contributed by atoms with Crippen molar-refractivity contribution in [3.05, 3.63) is 0 Å². The van der Waals surface area contributed by atoms with E-state index < -0.39 is 0 Å². The SMILES string of the molecule is NCCC1COC(=O)N(C2CC2)C1. The topological polar surface area (TPSA) is 55.6 Å². The van der Waals surface area contributed by atoms with Crippen molar-refractivity contribution in [1.29, 1.82) is 0 Å². The van der Waals surface area contributed by atoms with Gasteiger partial charge in [0, 0.05) is 18.5 Å². The Labute approximate surface area is 78.0 Å². The van der Waals surface area contributed by atoms with Gasteiger partial charge in [0.15, 0.2) is 0 Å². The van der Waals surface area contributed by atoms with Crippen molar-refractivity contribution in [1.82, 2.24) is 4.90 Å². The first-order valence-corrected chi connectivity index (χ1v) is 4.94. The quantitative estimate of drug-likeness (QED) is 0.697. The molecule has 2 rings (SSSR count). The Morgan fingerprint density at radius 2 is 2.31 bits per heavy atom. The lowest BCUT2D eigenvalue weighted by Crippen LogP contribution is -2.44. The lowest BCUT2D eigenvalue weighted by Gasteiger charge is -2.32. The smallest absolute Gasteiger partial charge is 0.410 e. The van der Waals surface area contributed by atoms with E-state index in [2.05, 4.69) is 0 Å². The summed E-state index contributed by atoms with van der Waals surface area (Å²) >= 11 is 0. The third-order valence-corrected chi connectivity index (χ3v) is 2.69. The number of amides is 1. The molecule has 1 atom stereocenters. The van der Waals surface area contributed by atoms with E-state index in [1.807, 2.05) is 4.90 Å². The number of rotatable bonds is 3. The standard InChI is InChI=1S/C9H16N2O2/c10-4-3-7-5-11(8-1-2-8)9(12)13-6-7/h7-8H,1-6,10H2. The van der Waals surface area contributed by atoms with Gasteiger partial charge in [0.05, 0.1) is 6.61 Å². The maximum Gasteiger partial charge on any atom is 0.410 e. The second kappa shape index (κ2) is 3.54. The third kappa shape index (κ3) is 1.94. The van der Waals surface area contributed by atoms with Crippen molar-refractivity contribution < 1.29 is 9.53 Å². The minimum absolute atomic E-state index is 0.129. The summed E-state index contributed by atoms with van der Waals surface area (Å²) in [4.78, 5) is 13.2. The molecule has 13 heavy (non-hydrogen) atoms. The van der Waals surface area contributed by atoms with Crippen LogP contribution in [0.1, 0.15) is 19.3 Å². The molecule has 1 unspecified atom stereocenters. The number of nitrogens with two attached hydrogens (primary N) is 1. The number of carbonyl (C=O) groups is 1. The van der Waals surface area contributed by atoms with Crippen LogP contribution in [0.2, 0.25) is 0 Å². The fourth-order valence-corrected chi connectivity index (χ4v) is 1.77. The van der Waals surface area contributed by atoms with Gasteiger partial charge in [-0.2, -0.15) is 0 Å². The molecule has 1 saturated heterocycles. The molecule has 0 spiro atoms. The average Bonchev–Trinajstić information content (AvgIpc) is 2.92. The Bertz CT molecular complexity index is 204. The Hall–Kier alpha value is -0.770. The molecule has 0 aromatic rings. The van der Waals surface area contributed by atoms with Crippen molar-refractivity contribution in [2.45, 2.75) is 25.3 Å². The summed E-state index contributed by atoms with van der Waals surface area (Å²) in [6, 6.07) is 0.466. The molecule has 2 N–H and O–H groups in total. The summed E-state index contributed by atoms with van der Waals surface area (Å²) in [5.41, 5.74) is 5.47. The molecule has 0 bridgehead atoms. The summed E-state index contributed by atoms with van der Waals surface area (Å²) in [7, 11) is 0. The zero-order valence-corrected chi connectivity index (χ0v) is 7.74. The first kappa shape index (κ1) is 8.81. The summed E-state index contributed by atoms with van der Waals surface area (Å²) in [5.74, 6) is 0.447. The van der Waals surface area contributed by atoms with Crippen LogP contribution in [-0.4, -0.2) is 36.7 Å². The maximum absolute atomic E-state index is 11.3. The summed E-state index contributed by atoms with van der Waals surface area (Å²) < 4.78 is 5.09. The second-order valence-electron chi connectivity index (χ2n) is 3.90. The second-order valence-corrected chi connectivity index (χ2v) is 3.90. The Morgan fingerprint density at radius 1 is 1.54 bits per heavy atom. The Balaban J connectivity index is 1.88. The van der Waals surface area contributed by atoms with Gasteiger partial charge in [-0.1, -0.05) is 0 Å². The molecule has 1 saturated carbocycles. The third-order valence-electron chi connectivity index (χ3n) is 2.69. The Morgan fingerprint density at radius 3 is 2.92 bits per heavy atom. The lowest BCUT2D eigenvalue weighted by molar-refractivity contribution is 0.0384. The van der Waals surface area contributed by atoms with E-state index in [1.54, 1.807) is 0 Å². The van der Waals surface area contributed by atoms with Crippen molar-refractivity contribution in [2.75, 3.05) is 19.7 Å². The molecule has 0 aromatic carbocycles. The van der Waals surface area contributed by atoms with Gasteiger partial charge in [0.1, 0.15) is 0 Å². The van der Waals surface area contributed by atoms with Crippen LogP contribution in [0.4, 0.5) is 4.79 Å². The highest BCUT2D eigenvalue weighted by Crippen LogP contribution is 2.30. The molecule has 0 radical (unpaired) electrons. The number of hydrogen-bond acceptors (Lipinski definition) is 3. The van der Waals surface area contributed by atoms with Crippen molar-refractivity contribution in [3.8, 4) is 0 Å². The molecule has 1 aliphatic carbocycles. The van der Waals surface area contributed by atoms with Crippen LogP contribution in [-0.2, 0) is 4.74 Å². The van der Waals surface area contributed by atoms with Crippen molar-refractivity contribution in [2.24, 2.45) is 11.7 Å². The normalized spacial score (nSPS) is 28.8. The van der Waals surface area contributed by atoms with E-state index in [0.717, 1.165) is 25.8 Å². The molecule has 1 aliphatic heterocycles. The molecular formula is C9H16N2O2. The van der Waals surface area contributed by atoms with Crippen LogP contribution >= 0.6 is 0 Å².